The number of carbonyl (C=O) groups is 2. The molecule has 2 amide bonds. The summed E-state index contributed by atoms with van der Waals surface area (Å²) in [5, 5.41) is 1.88. The highest BCUT2D eigenvalue weighted by Gasteiger charge is 2.25. The highest BCUT2D eigenvalue weighted by atomic mass is 32.1. The predicted octanol–water partition coefficient (Wildman–Crippen LogP) is 1.84. The first-order valence-electron chi connectivity index (χ1n) is 10.1. The van der Waals surface area contributed by atoms with Crippen molar-refractivity contribution in [2.24, 2.45) is 5.73 Å². The third-order valence-electron chi connectivity index (χ3n) is 5.40. The molecule has 1 saturated heterocycles. The van der Waals surface area contributed by atoms with E-state index in [1.165, 1.54) is 20.5 Å². The quantitative estimate of drug-likeness (QED) is 0.666. The summed E-state index contributed by atoms with van der Waals surface area (Å²) in [5.74, 6) is -0.569. The Morgan fingerprint density at radius 3 is 2.47 bits per heavy atom. The van der Waals surface area contributed by atoms with Gasteiger partial charge in [0.25, 0.3) is 5.91 Å². The van der Waals surface area contributed by atoms with Gasteiger partial charge in [-0.05, 0) is 31.2 Å². The number of hydrogen-bond donors (Lipinski definition) is 1. The summed E-state index contributed by atoms with van der Waals surface area (Å²) >= 11 is 1.43. The van der Waals surface area contributed by atoms with Crippen LogP contribution < -0.4 is 11.4 Å². The smallest absolute Gasteiger partial charge is 0.330 e. The molecule has 1 aliphatic rings. The number of hydrogen-bond acceptors (Lipinski definition) is 6. The fourth-order valence-electron chi connectivity index (χ4n) is 3.89. The van der Waals surface area contributed by atoms with Crippen LogP contribution >= 0.6 is 11.3 Å². The van der Waals surface area contributed by atoms with E-state index in [1.807, 2.05) is 24.4 Å². The number of imidazole rings is 1. The van der Waals surface area contributed by atoms with Gasteiger partial charge in [0.05, 0.1) is 4.88 Å². The van der Waals surface area contributed by atoms with Crippen molar-refractivity contribution in [3.63, 3.8) is 0 Å². The van der Waals surface area contributed by atoms with Crippen molar-refractivity contribution in [1.29, 1.82) is 0 Å². The van der Waals surface area contributed by atoms with E-state index in [4.69, 9.17) is 5.73 Å². The molecule has 0 spiro atoms. The summed E-state index contributed by atoms with van der Waals surface area (Å²) in [6, 6.07) is 3.69. The second-order valence-corrected chi connectivity index (χ2v) is 8.27. The zero-order chi connectivity index (χ0) is 21.3. The van der Waals surface area contributed by atoms with E-state index in [1.54, 1.807) is 4.90 Å². The number of aromatic nitrogens is 4. The molecule has 10 heteroatoms. The maximum atomic E-state index is 13.1. The lowest BCUT2D eigenvalue weighted by atomic mass is 10.2. The molecule has 0 unspecified atom stereocenters. The van der Waals surface area contributed by atoms with Crippen LogP contribution in [-0.4, -0.2) is 48.9 Å². The summed E-state index contributed by atoms with van der Waals surface area (Å²) in [4.78, 5) is 49.8. The molecular weight excluding hydrogens is 404 g/mol. The fourth-order valence-corrected chi connectivity index (χ4v) is 4.54. The van der Waals surface area contributed by atoms with Gasteiger partial charge in [0.1, 0.15) is 12.1 Å². The fraction of sp³-hybridized carbons (Fsp3) is 0.450. The van der Waals surface area contributed by atoms with Gasteiger partial charge in [-0.3, -0.25) is 18.7 Å². The molecule has 1 fully saturated rings. The van der Waals surface area contributed by atoms with E-state index >= 15 is 0 Å². The number of carbonyl (C=O) groups excluding carboxylic acids is 2. The maximum Gasteiger partial charge on any atom is 0.330 e. The van der Waals surface area contributed by atoms with Crippen LogP contribution in [0.5, 0.6) is 0 Å². The van der Waals surface area contributed by atoms with Crippen LogP contribution in [0, 0.1) is 0 Å². The molecule has 2 N–H and O–H groups in total. The van der Waals surface area contributed by atoms with Crippen LogP contribution in [0.25, 0.3) is 21.9 Å². The monoisotopic (exact) mass is 428 g/mol. The van der Waals surface area contributed by atoms with Crippen LogP contribution in [0.15, 0.2) is 22.3 Å². The summed E-state index contributed by atoms with van der Waals surface area (Å²) in [5.41, 5.74) is 5.72. The number of thiophene rings is 1. The Balaban J connectivity index is 1.85. The minimum Gasteiger partial charge on any atom is -0.364 e. The Bertz CT molecular complexity index is 1140. The van der Waals surface area contributed by atoms with Crippen LogP contribution in [0.1, 0.15) is 43.1 Å². The van der Waals surface area contributed by atoms with Crippen molar-refractivity contribution in [3.05, 3.63) is 33.7 Å². The Labute approximate surface area is 177 Å². The lowest BCUT2D eigenvalue weighted by Gasteiger charge is -2.20. The van der Waals surface area contributed by atoms with Crippen molar-refractivity contribution >= 4 is 34.3 Å². The average molecular weight is 429 g/mol. The first-order chi connectivity index (χ1) is 14.5. The lowest BCUT2D eigenvalue weighted by molar-refractivity contribution is -0.131. The van der Waals surface area contributed by atoms with Crippen molar-refractivity contribution in [2.45, 2.75) is 45.7 Å². The van der Waals surface area contributed by atoms with Crippen LogP contribution in [0.3, 0.4) is 0 Å². The van der Waals surface area contributed by atoms with Crippen molar-refractivity contribution < 1.29 is 9.59 Å². The van der Waals surface area contributed by atoms with E-state index in [-0.39, 0.29) is 23.7 Å². The van der Waals surface area contributed by atoms with Gasteiger partial charge < -0.3 is 10.6 Å². The number of amides is 2. The first kappa shape index (κ1) is 20.3. The van der Waals surface area contributed by atoms with Crippen molar-refractivity contribution in [3.8, 4) is 10.7 Å². The van der Waals surface area contributed by atoms with E-state index in [0.717, 1.165) is 30.6 Å². The molecule has 3 aromatic heterocycles. The van der Waals surface area contributed by atoms with Crippen molar-refractivity contribution in [1.82, 2.24) is 24.0 Å². The largest absolute Gasteiger partial charge is 0.364 e. The molecule has 0 atom stereocenters. The summed E-state index contributed by atoms with van der Waals surface area (Å²) < 4.78 is 2.75. The topological polar surface area (TPSA) is 116 Å². The van der Waals surface area contributed by atoms with Crippen LogP contribution in [0.4, 0.5) is 0 Å². The number of primary amides is 1. The first-order valence-corrected chi connectivity index (χ1v) is 11.0. The number of likely N-dealkylation sites (tertiary alicyclic amines) is 1. The molecule has 3 aromatic rings. The number of nitrogens with two attached hydrogens (primary N) is 1. The number of rotatable bonds is 5. The van der Waals surface area contributed by atoms with Gasteiger partial charge in [-0.15, -0.1) is 11.3 Å². The van der Waals surface area contributed by atoms with E-state index in [2.05, 4.69) is 9.97 Å². The van der Waals surface area contributed by atoms with Gasteiger partial charge in [-0.2, -0.15) is 0 Å². The third-order valence-corrected chi connectivity index (χ3v) is 6.26. The number of aryl methyl sites for hydroxylation is 1. The molecule has 30 heavy (non-hydrogen) atoms. The highest BCUT2D eigenvalue weighted by Crippen LogP contribution is 2.25. The Kier molecular flexibility index (Phi) is 5.67. The highest BCUT2D eigenvalue weighted by molar-refractivity contribution is 7.13. The molecular formula is C20H24N6O3S. The minimum absolute atomic E-state index is 0.0450. The number of fused-ring (bicyclic) bond motifs is 1. The molecule has 0 aliphatic carbocycles. The minimum atomic E-state index is -0.760. The Morgan fingerprint density at radius 1 is 1.13 bits per heavy atom. The molecule has 0 bridgehead atoms. The number of nitrogens with zero attached hydrogens (tertiary/aromatic N) is 5. The predicted molar refractivity (Wildman–Crippen MR) is 114 cm³/mol. The zero-order valence-corrected chi connectivity index (χ0v) is 17.7. The second-order valence-electron chi connectivity index (χ2n) is 7.32. The van der Waals surface area contributed by atoms with Crippen LogP contribution in [0.2, 0.25) is 0 Å². The Morgan fingerprint density at radius 2 is 1.87 bits per heavy atom. The van der Waals surface area contributed by atoms with E-state index in [9.17, 15) is 14.4 Å². The molecule has 4 heterocycles. The van der Waals surface area contributed by atoms with Gasteiger partial charge >= 0.3 is 5.69 Å². The molecule has 0 aromatic carbocycles. The molecule has 158 valence electrons. The van der Waals surface area contributed by atoms with Gasteiger partial charge in [0.2, 0.25) is 5.91 Å². The molecule has 9 nitrogen and oxygen atoms in total. The Hall–Kier alpha value is -3.01. The summed E-state index contributed by atoms with van der Waals surface area (Å²) in [7, 11) is 0. The molecule has 0 saturated carbocycles. The van der Waals surface area contributed by atoms with Gasteiger partial charge in [-0.25, -0.2) is 14.8 Å². The van der Waals surface area contributed by atoms with Crippen molar-refractivity contribution in [2.75, 3.05) is 13.1 Å². The molecule has 1 aliphatic heterocycles. The third kappa shape index (κ3) is 3.62. The molecule has 4 rings (SSSR count). The maximum absolute atomic E-state index is 13.1. The normalized spacial score (nSPS) is 14.8. The molecule has 0 radical (unpaired) electrons. The standard InChI is InChI=1S/C20H24N6O3S/c1-2-25-19-16(15(17(21)28)22-18(23-19)13-8-7-11-30-13)26(20(25)29)12-14(27)24-9-5-3-4-6-10-24/h7-8,11H,2-6,9-10,12H2,1H3,(H2,21,28). The van der Waals surface area contributed by atoms with Gasteiger partial charge in [-0.1, -0.05) is 18.9 Å². The van der Waals surface area contributed by atoms with Crippen LogP contribution in [-0.2, 0) is 17.9 Å². The SMILES string of the molecule is CCn1c(=O)n(CC(=O)N2CCCCCC2)c2c(C(N)=O)nc(-c3cccs3)nc21. The summed E-state index contributed by atoms with van der Waals surface area (Å²) in [6.45, 7) is 3.37. The average Bonchev–Trinajstić information content (AvgIpc) is 3.25. The zero-order valence-electron chi connectivity index (χ0n) is 16.8. The second kappa shape index (κ2) is 8.39. The van der Waals surface area contributed by atoms with E-state index < -0.39 is 11.6 Å². The van der Waals surface area contributed by atoms with Gasteiger partial charge in [0.15, 0.2) is 17.2 Å². The lowest BCUT2D eigenvalue weighted by Crippen LogP contribution is -2.37. The van der Waals surface area contributed by atoms with Gasteiger partial charge in [0, 0.05) is 19.6 Å². The van der Waals surface area contributed by atoms with E-state index in [0.29, 0.717) is 31.1 Å². The summed E-state index contributed by atoms with van der Waals surface area (Å²) in [6.07, 6.45) is 4.11.